The first-order valence-corrected chi connectivity index (χ1v) is 5.90. The van der Waals surface area contributed by atoms with Gasteiger partial charge in [0.15, 0.2) is 0 Å². The number of azide groups is 1. The van der Waals surface area contributed by atoms with Crippen molar-refractivity contribution in [3.63, 3.8) is 0 Å². The summed E-state index contributed by atoms with van der Waals surface area (Å²) >= 11 is 0. The number of benzene rings is 1. The number of aryl methyl sites for hydroxylation is 1. The molecule has 0 radical (unpaired) electrons. The predicted octanol–water partition coefficient (Wildman–Crippen LogP) is 3.99. The third kappa shape index (κ3) is 3.34. The lowest BCUT2D eigenvalue weighted by Crippen LogP contribution is -1.88. The Hall–Kier alpha value is -2.32. The molecule has 2 rings (SSSR count). The fourth-order valence-electron chi connectivity index (χ4n) is 1.80. The van der Waals surface area contributed by atoms with Gasteiger partial charge in [-0.05, 0) is 41.1 Å². The van der Waals surface area contributed by atoms with Crippen LogP contribution in [-0.4, -0.2) is 11.5 Å². The van der Waals surface area contributed by atoms with Crippen LogP contribution in [0.3, 0.4) is 0 Å². The van der Waals surface area contributed by atoms with E-state index < -0.39 is 0 Å². The van der Waals surface area contributed by atoms with Crippen molar-refractivity contribution in [2.75, 3.05) is 6.54 Å². The molecule has 0 aliphatic rings. The molecule has 1 aromatic carbocycles. The molecule has 0 fully saturated rings. The Bertz CT molecular complexity index is 527. The van der Waals surface area contributed by atoms with Gasteiger partial charge in [0.2, 0.25) is 0 Å². The van der Waals surface area contributed by atoms with E-state index >= 15 is 0 Å². The Balaban J connectivity index is 1.99. The molecule has 0 amide bonds. The third-order valence-corrected chi connectivity index (χ3v) is 2.74. The molecule has 18 heavy (non-hydrogen) atoms. The van der Waals surface area contributed by atoms with Gasteiger partial charge in [-0.25, -0.2) is 0 Å². The second-order valence-electron chi connectivity index (χ2n) is 4.00. The summed E-state index contributed by atoms with van der Waals surface area (Å²) in [5.41, 5.74) is 11.7. The number of pyridine rings is 1. The summed E-state index contributed by atoms with van der Waals surface area (Å²) < 4.78 is 0. The lowest BCUT2D eigenvalue weighted by Gasteiger charge is -2.03. The SMILES string of the molecule is [N-]=[N+]=NCCCc1ccc(-c2cccnc2)cc1. The summed E-state index contributed by atoms with van der Waals surface area (Å²) in [5, 5.41) is 3.52. The van der Waals surface area contributed by atoms with Crippen LogP contribution < -0.4 is 0 Å². The molecule has 0 bridgehead atoms. The van der Waals surface area contributed by atoms with Crippen molar-refractivity contribution < 1.29 is 0 Å². The van der Waals surface area contributed by atoms with Crippen molar-refractivity contribution in [2.45, 2.75) is 12.8 Å². The van der Waals surface area contributed by atoms with Crippen LogP contribution in [-0.2, 0) is 6.42 Å². The lowest BCUT2D eigenvalue weighted by atomic mass is 10.0. The molecule has 4 nitrogen and oxygen atoms in total. The van der Waals surface area contributed by atoms with Crippen LogP contribution >= 0.6 is 0 Å². The van der Waals surface area contributed by atoms with Crippen molar-refractivity contribution in [1.29, 1.82) is 0 Å². The Kier molecular flexibility index (Phi) is 4.33. The summed E-state index contributed by atoms with van der Waals surface area (Å²) in [4.78, 5) is 6.85. The Labute approximate surface area is 106 Å². The summed E-state index contributed by atoms with van der Waals surface area (Å²) in [7, 11) is 0. The number of aromatic nitrogens is 1. The second-order valence-corrected chi connectivity index (χ2v) is 4.00. The van der Waals surface area contributed by atoms with Crippen LogP contribution in [0.4, 0.5) is 0 Å². The quantitative estimate of drug-likeness (QED) is 0.336. The highest BCUT2D eigenvalue weighted by molar-refractivity contribution is 5.62. The average Bonchev–Trinajstić information content (AvgIpc) is 2.45. The van der Waals surface area contributed by atoms with Gasteiger partial charge in [0, 0.05) is 23.9 Å². The van der Waals surface area contributed by atoms with Crippen LogP contribution in [0.1, 0.15) is 12.0 Å². The molecule has 2 aromatic rings. The van der Waals surface area contributed by atoms with Crippen molar-refractivity contribution in [2.24, 2.45) is 5.11 Å². The fourth-order valence-corrected chi connectivity index (χ4v) is 1.80. The zero-order chi connectivity index (χ0) is 12.6. The molecule has 4 heteroatoms. The lowest BCUT2D eigenvalue weighted by molar-refractivity contribution is 0.827. The van der Waals surface area contributed by atoms with Crippen molar-refractivity contribution in [3.05, 3.63) is 64.8 Å². The van der Waals surface area contributed by atoms with Gasteiger partial charge < -0.3 is 0 Å². The fraction of sp³-hybridized carbons (Fsp3) is 0.214. The molecule has 1 aromatic heterocycles. The van der Waals surface area contributed by atoms with E-state index in [0.29, 0.717) is 6.54 Å². The maximum Gasteiger partial charge on any atom is 0.0346 e. The van der Waals surface area contributed by atoms with E-state index in [-0.39, 0.29) is 0 Å². The largest absolute Gasteiger partial charge is 0.264 e. The molecule has 0 atom stereocenters. The first-order chi connectivity index (χ1) is 8.90. The van der Waals surface area contributed by atoms with E-state index in [0.717, 1.165) is 18.4 Å². The van der Waals surface area contributed by atoms with Gasteiger partial charge in [0.25, 0.3) is 0 Å². The molecule has 0 aliphatic heterocycles. The van der Waals surface area contributed by atoms with E-state index in [4.69, 9.17) is 5.53 Å². The van der Waals surface area contributed by atoms with Gasteiger partial charge in [0.05, 0.1) is 0 Å². The monoisotopic (exact) mass is 238 g/mol. The smallest absolute Gasteiger partial charge is 0.0346 e. The van der Waals surface area contributed by atoms with Gasteiger partial charge >= 0.3 is 0 Å². The first kappa shape index (κ1) is 12.1. The van der Waals surface area contributed by atoms with E-state index in [1.54, 1.807) is 6.20 Å². The average molecular weight is 238 g/mol. The molecule has 0 saturated heterocycles. The normalized spacial score (nSPS) is 9.78. The first-order valence-electron chi connectivity index (χ1n) is 5.90. The van der Waals surface area contributed by atoms with Crippen LogP contribution in [0.5, 0.6) is 0 Å². The van der Waals surface area contributed by atoms with Crippen LogP contribution in [0.25, 0.3) is 21.6 Å². The molecule has 0 unspecified atom stereocenters. The van der Waals surface area contributed by atoms with E-state index in [9.17, 15) is 0 Å². The van der Waals surface area contributed by atoms with Gasteiger partial charge in [-0.2, -0.15) is 0 Å². The number of hydrogen-bond acceptors (Lipinski definition) is 2. The standard InChI is InChI=1S/C14H14N4/c15-18-17-10-1-3-12-5-7-13(8-6-12)14-4-2-9-16-11-14/h2,4-9,11H,1,3,10H2. The maximum atomic E-state index is 8.18. The van der Waals surface area contributed by atoms with E-state index in [1.165, 1.54) is 11.1 Å². The third-order valence-electron chi connectivity index (χ3n) is 2.74. The van der Waals surface area contributed by atoms with E-state index in [1.807, 2.05) is 18.3 Å². The van der Waals surface area contributed by atoms with Crippen molar-refractivity contribution in [3.8, 4) is 11.1 Å². The van der Waals surface area contributed by atoms with Gasteiger partial charge in [-0.1, -0.05) is 35.4 Å². The summed E-state index contributed by atoms with van der Waals surface area (Å²) in [6.45, 7) is 0.556. The molecule has 0 saturated carbocycles. The van der Waals surface area contributed by atoms with Crippen molar-refractivity contribution >= 4 is 0 Å². The van der Waals surface area contributed by atoms with Gasteiger partial charge in [-0.15, -0.1) is 0 Å². The van der Waals surface area contributed by atoms with Crippen LogP contribution in [0, 0.1) is 0 Å². The minimum absolute atomic E-state index is 0.556. The van der Waals surface area contributed by atoms with E-state index in [2.05, 4.69) is 39.3 Å². The van der Waals surface area contributed by atoms with Crippen LogP contribution in [0.2, 0.25) is 0 Å². The maximum absolute atomic E-state index is 8.18. The summed E-state index contributed by atoms with van der Waals surface area (Å²) in [5.74, 6) is 0. The highest BCUT2D eigenvalue weighted by atomic mass is 15.1. The van der Waals surface area contributed by atoms with Crippen LogP contribution in [0.15, 0.2) is 53.9 Å². The minimum Gasteiger partial charge on any atom is -0.264 e. The topological polar surface area (TPSA) is 61.7 Å². The number of hydrogen-bond donors (Lipinski definition) is 0. The Morgan fingerprint density at radius 1 is 1.11 bits per heavy atom. The molecule has 0 N–H and O–H groups in total. The van der Waals surface area contributed by atoms with Crippen molar-refractivity contribution in [1.82, 2.24) is 4.98 Å². The number of rotatable bonds is 5. The number of nitrogens with zero attached hydrogens (tertiary/aromatic N) is 4. The second kappa shape index (κ2) is 6.42. The highest BCUT2D eigenvalue weighted by Crippen LogP contribution is 2.18. The Morgan fingerprint density at radius 2 is 1.94 bits per heavy atom. The predicted molar refractivity (Wildman–Crippen MR) is 72.0 cm³/mol. The molecule has 0 aliphatic carbocycles. The molecule has 0 spiro atoms. The van der Waals surface area contributed by atoms with Gasteiger partial charge in [-0.3, -0.25) is 4.98 Å². The molecule has 90 valence electrons. The minimum atomic E-state index is 0.556. The zero-order valence-electron chi connectivity index (χ0n) is 10.0. The highest BCUT2D eigenvalue weighted by Gasteiger charge is 1.97. The molecular weight excluding hydrogens is 224 g/mol. The summed E-state index contributed by atoms with van der Waals surface area (Å²) in [6.07, 6.45) is 5.45. The molecule has 1 heterocycles. The summed E-state index contributed by atoms with van der Waals surface area (Å²) in [6, 6.07) is 12.4. The van der Waals surface area contributed by atoms with Gasteiger partial charge in [0.1, 0.15) is 0 Å². The molecular formula is C14H14N4. The Morgan fingerprint density at radius 3 is 2.61 bits per heavy atom. The zero-order valence-corrected chi connectivity index (χ0v) is 10.0.